The highest BCUT2D eigenvalue weighted by atomic mass is 19.1. The van der Waals surface area contributed by atoms with Gasteiger partial charge in [0.15, 0.2) is 0 Å². The number of rotatable bonds is 3. The molecule has 158 valence electrons. The molecule has 0 bridgehead atoms. The van der Waals surface area contributed by atoms with Crippen LogP contribution in [0.2, 0.25) is 0 Å². The molecular formula is C26H20FN3O2. The molecule has 2 heterocycles. The van der Waals surface area contributed by atoms with Crippen LogP contribution < -0.4 is 0 Å². The molecule has 2 amide bonds. The van der Waals surface area contributed by atoms with Gasteiger partial charge in [0.25, 0.3) is 11.8 Å². The summed E-state index contributed by atoms with van der Waals surface area (Å²) in [5, 5.41) is 0. The molecule has 0 aliphatic carbocycles. The van der Waals surface area contributed by atoms with Crippen molar-refractivity contribution in [2.45, 2.75) is 26.8 Å². The predicted molar refractivity (Wildman–Crippen MR) is 120 cm³/mol. The van der Waals surface area contributed by atoms with E-state index in [1.165, 1.54) is 17.0 Å². The number of imide groups is 1. The molecule has 3 aromatic carbocycles. The van der Waals surface area contributed by atoms with Gasteiger partial charge in [-0.2, -0.15) is 0 Å². The van der Waals surface area contributed by atoms with Gasteiger partial charge >= 0.3 is 0 Å². The molecule has 0 saturated heterocycles. The van der Waals surface area contributed by atoms with E-state index in [2.05, 4.69) is 0 Å². The van der Waals surface area contributed by atoms with Crippen LogP contribution >= 0.6 is 0 Å². The highest BCUT2D eigenvalue weighted by molar-refractivity contribution is 6.21. The second kappa shape index (κ2) is 7.34. The molecule has 4 aromatic rings. The van der Waals surface area contributed by atoms with Crippen molar-refractivity contribution >= 4 is 22.8 Å². The molecule has 0 fully saturated rings. The van der Waals surface area contributed by atoms with Crippen LogP contribution in [0.5, 0.6) is 0 Å². The number of carbonyl (C=O) groups is 2. The zero-order chi connectivity index (χ0) is 22.6. The number of halogens is 1. The Morgan fingerprint density at radius 2 is 1.50 bits per heavy atom. The van der Waals surface area contributed by atoms with Crippen LogP contribution in [0, 0.1) is 19.7 Å². The van der Waals surface area contributed by atoms with Crippen LogP contribution in [0.4, 0.5) is 4.39 Å². The first-order chi connectivity index (χ1) is 15.4. The van der Waals surface area contributed by atoms with E-state index in [4.69, 9.17) is 9.97 Å². The fourth-order valence-electron chi connectivity index (χ4n) is 4.25. The van der Waals surface area contributed by atoms with Gasteiger partial charge in [0.05, 0.1) is 39.6 Å². The smallest absolute Gasteiger partial charge is 0.262 e. The summed E-state index contributed by atoms with van der Waals surface area (Å²) < 4.78 is 14.2. The Morgan fingerprint density at radius 3 is 2.19 bits per heavy atom. The Morgan fingerprint density at radius 1 is 0.812 bits per heavy atom. The zero-order valence-corrected chi connectivity index (χ0v) is 17.9. The minimum absolute atomic E-state index is 0.369. The number of hydrogen-bond acceptors (Lipinski definition) is 4. The normalized spacial score (nSPS) is 14.2. The van der Waals surface area contributed by atoms with Crippen molar-refractivity contribution in [3.63, 3.8) is 0 Å². The number of nitrogens with zero attached hydrogens (tertiary/aromatic N) is 3. The van der Waals surface area contributed by atoms with Crippen LogP contribution in [0.3, 0.4) is 0 Å². The lowest BCUT2D eigenvalue weighted by Crippen LogP contribution is -2.33. The molecular weight excluding hydrogens is 405 g/mol. The lowest BCUT2D eigenvalue weighted by Gasteiger charge is -2.24. The third-order valence-electron chi connectivity index (χ3n) is 5.99. The molecule has 0 N–H and O–H groups in total. The van der Waals surface area contributed by atoms with Crippen molar-refractivity contribution in [2.75, 3.05) is 0 Å². The van der Waals surface area contributed by atoms with E-state index in [0.717, 1.165) is 11.1 Å². The highest BCUT2D eigenvalue weighted by Gasteiger charge is 2.40. The van der Waals surface area contributed by atoms with E-state index >= 15 is 0 Å². The first-order valence-electron chi connectivity index (χ1n) is 10.4. The summed E-state index contributed by atoms with van der Waals surface area (Å²) in [5.41, 5.74) is 5.36. The molecule has 32 heavy (non-hydrogen) atoms. The van der Waals surface area contributed by atoms with E-state index < -0.39 is 11.9 Å². The maximum atomic E-state index is 14.2. The molecule has 1 aliphatic heterocycles. The Hall–Kier alpha value is -3.93. The second-order valence-electron chi connectivity index (χ2n) is 8.06. The summed E-state index contributed by atoms with van der Waals surface area (Å²) in [6.45, 7) is 5.56. The van der Waals surface area contributed by atoms with Gasteiger partial charge in [-0.25, -0.2) is 14.4 Å². The number of carbonyl (C=O) groups excluding carboxylic acids is 2. The average Bonchev–Trinajstić information content (AvgIpc) is 3.05. The average molecular weight is 425 g/mol. The summed E-state index contributed by atoms with van der Waals surface area (Å²) in [7, 11) is 0. The monoisotopic (exact) mass is 425 g/mol. The molecule has 0 radical (unpaired) electrons. The van der Waals surface area contributed by atoms with Crippen molar-refractivity contribution < 1.29 is 14.0 Å². The largest absolute Gasteiger partial charge is 0.269 e. The lowest BCUT2D eigenvalue weighted by atomic mass is 9.99. The standard InChI is InChI=1S/C26H20FN3O2/c1-14-11-12-17(27)13-20(14)24-23(28-21-10-6-7-15(2)22(21)29-24)16(3)30-25(31)18-8-4-5-9-19(18)26(30)32/h4-13,16H,1-3H3. The van der Waals surface area contributed by atoms with E-state index in [0.29, 0.717) is 39.1 Å². The van der Waals surface area contributed by atoms with E-state index in [1.54, 1.807) is 37.3 Å². The number of benzene rings is 3. The van der Waals surface area contributed by atoms with Crippen LogP contribution in [0.15, 0.2) is 60.7 Å². The molecule has 0 saturated carbocycles. The van der Waals surface area contributed by atoms with Crippen molar-refractivity contribution in [3.8, 4) is 11.3 Å². The van der Waals surface area contributed by atoms with E-state index in [9.17, 15) is 14.0 Å². The van der Waals surface area contributed by atoms with Crippen LogP contribution in [0.25, 0.3) is 22.3 Å². The molecule has 1 unspecified atom stereocenters. The first-order valence-corrected chi connectivity index (χ1v) is 10.4. The SMILES string of the molecule is Cc1ccc(F)cc1-c1nc2c(C)cccc2nc1C(C)N1C(=O)c2ccccc2C1=O. The Labute approximate surface area is 184 Å². The molecule has 5 rings (SSSR count). The number of hydrogen-bond donors (Lipinski definition) is 0. The van der Waals surface area contributed by atoms with Gasteiger partial charge in [-0.15, -0.1) is 0 Å². The van der Waals surface area contributed by atoms with Crippen molar-refractivity contribution in [2.24, 2.45) is 0 Å². The summed E-state index contributed by atoms with van der Waals surface area (Å²) >= 11 is 0. The minimum atomic E-state index is -0.697. The van der Waals surface area contributed by atoms with Gasteiger partial charge < -0.3 is 0 Å². The Balaban J connectivity index is 1.74. The molecule has 1 atom stereocenters. The van der Waals surface area contributed by atoms with E-state index in [1.807, 2.05) is 32.0 Å². The molecule has 0 spiro atoms. The van der Waals surface area contributed by atoms with Gasteiger partial charge in [-0.05, 0) is 62.2 Å². The summed E-state index contributed by atoms with van der Waals surface area (Å²) in [6, 6.07) is 16.2. The van der Waals surface area contributed by atoms with Crippen molar-refractivity contribution in [1.82, 2.24) is 14.9 Å². The van der Waals surface area contributed by atoms with Gasteiger partial charge in [-0.1, -0.05) is 30.3 Å². The van der Waals surface area contributed by atoms with Crippen LogP contribution in [-0.2, 0) is 0 Å². The third-order valence-corrected chi connectivity index (χ3v) is 5.99. The second-order valence-corrected chi connectivity index (χ2v) is 8.06. The lowest BCUT2D eigenvalue weighted by molar-refractivity contribution is 0.0592. The Kier molecular flexibility index (Phi) is 4.59. The fourth-order valence-corrected chi connectivity index (χ4v) is 4.25. The van der Waals surface area contributed by atoms with Crippen molar-refractivity contribution in [3.05, 3.63) is 94.4 Å². The predicted octanol–water partition coefficient (Wildman–Crippen LogP) is 5.41. The van der Waals surface area contributed by atoms with Gasteiger partial charge in [0, 0.05) is 5.56 Å². The first kappa shape index (κ1) is 20.0. The number of aromatic nitrogens is 2. The van der Waals surface area contributed by atoms with Gasteiger partial charge in [0.2, 0.25) is 0 Å². The maximum Gasteiger partial charge on any atom is 0.262 e. The van der Waals surface area contributed by atoms with Gasteiger partial charge in [0.1, 0.15) is 5.82 Å². The topological polar surface area (TPSA) is 63.2 Å². The molecule has 5 nitrogen and oxygen atoms in total. The van der Waals surface area contributed by atoms with E-state index in [-0.39, 0.29) is 11.8 Å². The zero-order valence-electron chi connectivity index (χ0n) is 17.9. The minimum Gasteiger partial charge on any atom is -0.269 e. The quantitative estimate of drug-likeness (QED) is 0.412. The Bertz CT molecular complexity index is 1400. The summed E-state index contributed by atoms with van der Waals surface area (Å²) in [6.07, 6.45) is 0. The van der Waals surface area contributed by atoms with Crippen LogP contribution in [-0.4, -0.2) is 26.7 Å². The molecule has 1 aliphatic rings. The van der Waals surface area contributed by atoms with Crippen LogP contribution in [0.1, 0.15) is 50.5 Å². The molecule has 1 aromatic heterocycles. The highest BCUT2D eigenvalue weighted by Crippen LogP contribution is 2.36. The maximum absolute atomic E-state index is 14.2. The number of aryl methyl sites for hydroxylation is 2. The third kappa shape index (κ3) is 2.99. The summed E-state index contributed by atoms with van der Waals surface area (Å²) in [4.78, 5) is 37.1. The molecule has 6 heteroatoms. The van der Waals surface area contributed by atoms with Gasteiger partial charge in [-0.3, -0.25) is 14.5 Å². The number of amides is 2. The summed E-state index contributed by atoms with van der Waals surface area (Å²) in [5.74, 6) is -1.13. The number of fused-ring (bicyclic) bond motifs is 2. The fraction of sp³-hybridized carbons (Fsp3) is 0.154. The van der Waals surface area contributed by atoms with Crippen molar-refractivity contribution in [1.29, 1.82) is 0 Å². The number of para-hydroxylation sites is 1.